The van der Waals surface area contributed by atoms with Crippen LogP contribution in [0.3, 0.4) is 0 Å². The summed E-state index contributed by atoms with van der Waals surface area (Å²) in [5.74, 6) is 0. The summed E-state index contributed by atoms with van der Waals surface area (Å²) in [6, 6.07) is 8.56. The molecule has 0 aliphatic heterocycles. The molecule has 1 aromatic carbocycles. The van der Waals surface area contributed by atoms with E-state index in [4.69, 9.17) is 0 Å². The Hall–Kier alpha value is -1.14. The number of nitrogens with zero attached hydrogens (tertiary/aromatic N) is 1. The number of benzene rings is 1. The van der Waals surface area contributed by atoms with Crippen LogP contribution in [0.4, 0.5) is 5.69 Å². The molecule has 2 fully saturated rings. The van der Waals surface area contributed by atoms with Crippen molar-refractivity contribution in [1.82, 2.24) is 21.3 Å². The Bertz CT molecular complexity index is 587. The SMILES string of the molecule is CN(C)c1cc(CNCCCNC2CCCCC2)cc(CNCCCNC2CCCCC2)c1. The number of hydrogen-bond acceptors (Lipinski definition) is 5. The Kier molecular flexibility index (Phi) is 12.6. The van der Waals surface area contributed by atoms with Crippen LogP contribution >= 0.6 is 0 Å². The molecule has 5 nitrogen and oxygen atoms in total. The van der Waals surface area contributed by atoms with Crippen LogP contribution in [0.2, 0.25) is 0 Å². The second-order valence-corrected chi connectivity index (χ2v) is 10.5. The van der Waals surface area contributed by atoms with Gasteiger partial charge in [0.25, 0.3) is 0 Å². The molecule has 0 unspecified atom stereocenters. The van der Waals surface area contributed by atoms with Crippen LogP contribution in [0.25, 0.3) is 0 Å². The molecule has 188 valence electrons. The van der Waals surface area contributed by atoms with Gasteiger partial charge >= 0.3 is 0 Å². The molecule has 0 aromatic heterocycles. The summed E-state index contributed by atoms with van der Waals surface area (Å²) in [6.07, 6.45) is 16.4. The van der Waals surface area contributed by atoms with E-state index in [9.17, 15) is 0 Å². The lowest BCUT2D eigenvalue weighted by Gasteiger charge is -2.23. The van der Waals surface area contributed by atoms with Crippen LogP contribution in [-0.4, -0.2) is 52.4 Å². The maximum absolute atomic E-state index is 3.75. The van der Waals surface area contributed by atoms with Crippen LogP contribution in [-0.2, 0) is 13.1 Å². The van der Waals surface area contributed by atoms with E-state index >= 15 is 0 Å². The summed E-state index contributed by atoms with van der Waals surface area (Å²) in [7, 11) is 4.27. The summed E-state index contributed by atoms with van der Waals surface area (Å²) in [5.41, 5.74) is 4.07. The Balaban J connectivity index is 1.31. The van der Waals surface area contributed by atoms with Gasteiger partial charge in [0.15, 0.2) is 0 Å². The lowest BCUT2D eigenvalue weighted by Crippen LogP contribution is -2.33. The zero-order valence-electron chi connectivity index (χ0n) is 21.6. The Morgan fingerprint density at radius 1 is 0.636 bits per heavy atom. The highest BCUT2D eigenvalue weighted by Crippen LogP contribution is 2.19. The number of nitrogens with one attached hydrogen (secondary N) is 4. The number of hydrogen-bond donors (Lipinski definition) is 4. The summed E-state index contributed by atoms with van der Waals surface area (Å²) in [6.45, 7) is 6.33. The molecule has 0 saturated heterocycles. The minimum Gasteiger partial charge on any atom is -0.378 e. The predicted molar refractivity (Wildman–Crippen MR) is 143 cm³/mol. The van der Waals surface area contributed by atoms with E-state index in [1.165, 1.54) is 93.9 Å². The standard InChI is InChI=1S/C28H51N5/c1-33(2)28-20-24(22-29-15-9-17-31-26-11-5-3-6-12-26)19-25(21-28)23-30-16-10-18-32-27-13-7-4-8-14-27/h19-21,26-27,29-32H,3-18,22-23H2,1-2H3. The molecule has 2 aliphatic carbocycles. The summed E-state index contributed by atoms with van der Waals surface area (Å²) < 4.78 is 0. The van der Waals surface area contributed by atoms with E-state index in [0.717, 1.165) is 51.4 Å². The molecule has 1 aromatic rings. The van der Waals surface area contributed by atoms with E-state index < -0.39 is 0 Å². The smallest absolute Gasteiger partial charge is 0.0367 e. The van der Waals surface area contributed by atoms with E-state index in [0.29, 0.717) is 0 Å². The van der Waals surface area contributed by atoms with Crippen molar-refractivity contribution in [2.75, 3.05) is 45.2 Å². The molecule has 0 heterocycles. The van der Waals surface area contributed by atoms with E-state index in [2.05, 4.69) is 58.5 Å². The highest BCUT2D eigenvalue weighted by atomic mass is 15.1. The molecule has 0 bridgehead atoms. The molecule has 0 radical (unpaired) electrons. The van der Waals surface area contributed by atoms with Gasteiger partial charge in [0.05, 0.1) is 0 Å². The van der Waals surface area contributed by atoms with Crippen LogP contribution < -0.4 is 26.2 Å². The fourth-order valence-corrected chi connectivity index (χ4v) is 5.32. The molecular formula is C28H51N5. The first kappa shape index (κ1) is 26.5. The van der Waals surface area contributed by atoms with Crippen molar-refractivity contribution in [3.63, 3.8) is 0 Å². The van der Waals surface area contributed by atoms with Crippen molar-refractivity contribution in [2.45, 2.75) is 102 Å². The number of anilines is 1. The van der Waals surface area contributed by atoms with E-state index in [1.807, 2.05) is 0 Å². The second kappa shape index (κ2) is 15.7. The topological polar surface area (TPSA) is 51.4 Å². The predicted octanol–water partition coefficient (Wildman–Crippen LogP) is 4.56. The third-order valence-electron chi connectivity index (χ3n) is 7.35. The summed E-state index contributed by atoms with van der Waals surface area (Å²) in [4.78, 5) is 2.22. The van der Waals surface area contributed by atoms with Crippen molar-refractivity contribution in [3.05, 3.63) is 29.3 Å². The van der Waals surface area contributed by atoms with Crippen molar-refractivity contribution >= 4 is 5.69 Å². The molecule has 5 heteroatoms. The molecule has 2 saturated carbocycles. The Morgan fingerprint density at radius 3 is 1.52 bits per heavy atom. The normalized spacial score (nSPS) is 18.0. The van der Waals surface area contributed by atoms with Crippen molar-refractivity contribution in [1.29, 1.82) is 0 Å². The van der Waals surface area contributed by atoms with Crippen LogP contribution in [0.15, 0.2) is 18.2 Å². The zero-order valence-corrected chi connectivity index (χ0v) is 21.6. The maximum atomic E-state index is 3.75. The molecule has 2 aliphatic rings. The van der Waals surface area contributed by atoms with Gasteiger partial charge in [-0.1, -0.05) is 44.6 Å². The average Bonchev–Trinajstić information content (AvgIpc) is 2.84. The first-order chi connectivity index (χ1) is 16.2. The fraction of sp³-hybridized carbons (Fsp3) is 0.786. The third-order valence-corrected chi connectivity index (χ3v) is 7.35. The molecule has 0 spiro atoms. The molecule has 33 heavy (non-hydrogen) atoms. The van der Waals surface area contributed by atoms with Gasteiger partial charge in [-0.05, 0) is 88.0 Å². The highest BCUT2D eigenvalue weighted by Gasteiger charge is 2.12. The second-order valence-electron chi connectivity index (χ2n) is 10.5. The largest absolute Gasteiger partial charge is 0.378 e. The molecule has 4 N–H and O–H groups in total. The monoisotopic (exact) mass is 457 g/mol. The fourth-order valence-electron chi connectivity index (χ4n) is 5.32. The van der Waals surface area contributed by atoms with Crippen molar-refractivity contribution < 1.29 is 0 Å². The van der Waals surface area contributed by atoms with E-state index in [-0.39, 0.29) is 0 Å². The van der Waals surface area contributed by atoms with Crippen LogP contribution in [0.5, 0.6) is 0 Å². The Labute approximate surface area is 203 Å². The zero-order chi connectivity index (χ0) is 23.1. The molecule has 0 atom stereocenters. The van der Waals surface area contributed by atoms with Gasteiger partial charge in [-0.3, -0.25) is 0 Å². The highest BCUT2D eigenvalue weighted by molar-refractivity contribution is 5.50. The van der Waals surface area contributed by atoms with Gasteiger partial charge in [0.2, 0.25) is 0 Å². The van der Waals surface area contributed by atoms with Crippen LogP contribution in [0.1, 0.15) is 88.2 Å². The molecule has 3 rings (SSSR count). The maximum Gasteiger partial charge on any atom is 0.0367 e. The number of rotatable bonds is 15. The minimum absolute atomic E-state index is 0.772. The van der Waals surface area contributed by atoms with Crippen molar-refractivity contribution in [2.24, 2.45) is 0 Å². The van der Waals surface area contributed by atoms with Gasteiger partial charge in [0, 0.05) is 45.0 Å². The lowest BCUT2D eigenvalue weighted by molar-refractivity contribution is 0.371. The minimum atomic E-state index is 0.772. The van der Waals surface area contributed by atoms with E-state index in [1.54, 1.807) is 0 Å². The van der Waals surface area contributed by atoms with Crippen molar-refractivity contribution in [3.8, 4) is 0 Å². The summed E-state index contributed by atoms with van der Waals surface area (Å²) in [5, 5.41) is 14.8. The Morgan fingerprint density at radius 2 is 1.09 bits per heavy atom. The third kappa shape index (κ3) is 10.8. The average molecular weight is 458 g/mol. The molecular weight excluding hydrogens is 406 g/mol. The summed E-state index contributed by atoms with van der Waals surface area (Å²) >= 11 is 0. The van der Waals surface area contributed by atoms with Gasteiger partial charge in [-0.25, -0.2) is 0 Å². The quantitative estimate of drug-likeness (QED) is 0.291. The molecule has 0 amide bonds. The van der Waals surface area contributed by atoms with Gasteiger partial charge in [-0.2, -0.15) is 0 Å². The lowest BCUT2D eigenvalue weighted by atomic mass is 9.95. The first-order valence-electron chi connectivity index (χ1n) is 13.9. The van der Waals surface area contributed by atoms with Gasteiger partial charge < -0.3 is 26.2 Å². The van der Waals surface area contributed by atoms with Crippen LogP contribution in [0, 0.1) is 0 Å². The van der Waals surface area contributed by atoms with Gasteiger partial charge in [-0.15, -0.1) is 0 Å². The van der Waals surface area contributed by atoms with Gasteiger partial charge in [0.1, 0.15) is 0 Å². The first-order valence-corrected chi connectivity index (χ1v) is 13.9.